The monoisotopic (exact) mass is 302 g/mol. The van der Waals surface area contributed by atoms with Gasteiger partial charge in [-0.2, -0.15) is 0 Å². The highest BCUT2D eigenvalue weighted by atomic mass is 16.5. The van der Waals surface area contributed by atoms with Crippen molar-refractivity contribution in [3.05, 3.63) is 30.3 Å². The quantitative estimate of drug-likeness (QED) is 0.802. The second-order valence-corrected chi connectivity index (χ2v) is 5.67. The van der Waals surface area contributed by atoms with Crippen molar-refractivity contribution in [3.8, 4) is 17.0 Å². The van der Waals surface area contributed by atoms with Crippen molar-refractivity contribution in [2.75, 3.05) is 5.32 Å². The Kier molecular flexibility index (Phi) is 3.75. The lowest BCUT2D eigenvalue weighted by Crippen LogP contribution is -2.47. The molecule has 3 rings (SSSR count). The van der Waals surface area contributed by atoms with E-state index >= 15 is 0 Å². The number of carbonyl (C=O) groups is 1. The molecule has 116 valence electrons. The van der Waals surface area contributed by atoms with E-state index in [9.17, 15) is 15.0 Å². The number of anilines is 1. The van der Waals surface area contributed by atoms with Gasteiger partial charge in [-0.1, -0.05) is 36.6 Å². The van der Waals surface area contributed by atoms with Crippen LogP contribution in [-0.4, -0.2) is 26.9 Å². The zero-order valence-electron chi connectivity index (χ0n) is 12.1. The van der Waals surface area contributed by atoms with Crippen LogP contribution in [0.15, 0.2) is 34.9 Å². The minimum atomic E-state index is -0.992. The topological polar surface area (TPSA) is 95.6 Å². The number of aromatic nitrogens is 1. The van der Waals surface area contributed by atoms with Gasteiger partial charge in [-0.25, -0.2) is 4.79 Å². The molecule has 0 radical (unpaired) electrons. The van der Waals surface area contributed by atoms with Gasteiger partial charge in [-0.15, -0.1) is 0 Å². The highest BCUT2D eigenvalue weighted by Crippen LogP contribution is 2.34. The Balaban J connectivity index is 1.85. The SMILES string of the molecule is O=C(O)C1(Nc2cc(-c3ccccc3O)no2)CCCCC1. The van der Waals surface area contributed by atoms with Gasteiger partial charge in [0, 0.05) is 11.6 Å². The number of hydrogen-bond acceptors (Lipinski definition) is 5. The first-order chi connectivity index (χ1) is 10.6. The molecule has 1 aliphatic rings. The minimum absolute atomic E-state index is 0.105. The number of carboxylic acid groups (broad SMARTS) is 1. The minimum Gasteiger partial charge on any atom is -0.507 e. The molecule has 6 nitrogen and oxygen atoms in total. The predicted molar refractivity (Wildman–Crippen MR) is 80.7 cm³/mol. The molecule has 1 fully saturated rings. The summed E-state index contributed by atoms with van der Waals surface area (Å²) in [4.78, 5) is 11.6. The Morgan fingerprint density at radius 2 is 1.95 bits per heavy atom. The molecule has 3 N–H and O–H groups in total. The maximum atomic E-state index is 11.6. The summed E-state index contributed by atoms with van der Waals surface area (Å²) in [7, 11) is 0. The molecule has 1 saturated carbocycles. The fraction of sp³-hybridized carbons (Fsp3) is 0.375. The average molecular weight is 302 g/mol. The molecular weight excluding hydrogens is 284 g/mol. The molecule has 1 aliphatic carbocycles. The average Bonchev–Trinajstić information content (AvgIpc) is 2.96. The number of aromatic hydroxyl groups is 1. The van der Waals surface area contributed by atoms with Crippen LogP contribution in [0.2, 0.25) is 0 Å². The number of nitrogens with zero attached hydrogens (tertiary/aromatic N) is 1. The van der Waals surface area contributed by atoms with Crippen LogP contribution in [0.5, 0.6) is 5.75 Å². The largest absolute Gasteiger partial charge is 0.507 e. The van der Waals surface area contributed by atoms with Gasteiger partial charge >= 0.3 is 5.97 Å². The highest BCUT2D eigenvalue weighted by molar-refractivity contribution is 5.82. The summed E-state index contributed by atoms with van der Waals surface area (Å²) in [6.07, 6.45) is 3.93. The second-order valence-electron chi connectivity index (χ2n) is 5.67. The van der Waals surface area contributed by atoms with Gasteiger partial charge in [0.2, 0.25) is 5.88 Å². The van der Waals surface area contributed by atoms with Gasteiger partial charge in [0.1, 0.15) is 17.0 Å². The zero-order chi connectivity index (χ0) is 15.6. The first-order valence-corrected chi connectivity index (χ1v) is 7.37. The second kappa shape index (κ2) is 5.71. The summed E-state index contributed by atoms with van der Waals surface area (Å²) in [5.74, 6) is -0.455. The lowest BCUT2D eigenvalue weighted by Gasteiger charge is -2.33. The maximum absolute atomic E-state index is 11.6. The fourth-order valence-corrected chi connectivity index (χ4v) is 2.93. The maximum Gasteiger partial charge on any atom is 0.329 e. The molecule has 0 atom stereocenters. The number of carboxylic acids is 1. The summed E-state index contributed by atoms with van der Waals surface area (Å²) in [5, 5.41) is 26.3. The smallest absolute Gasteiger partial charge is 0.329 e. The van der Waals surface area contributed by atoms with E-state index in [4.69, 9.17) is 4.52 Å². The van der Waals surface area contributed by atoms with Gasteiger partial charge in [-0.05, 0) is 25.0 Å². The van der Waals surface area contributed by atoms with Gasteiger partial charge in [0.15, 0.2) is 0 Å². The Bertz CT molecular complexity index is 674. The first-order valence-electron chi connectivity index (χ1n) is 7.37. The third-order valence-electron chi connectivity index (χ3n) is 4.17. The number of para-hydroxylation sites is 1. The number of hydrogen-bond donors (Lipinski definition) is 3. The van der Waals surface area contributed by atoms with E-state index in [2.05, 4.69) is 10.5 Å². The number of phenols is 1. The number of aliphatic carboxylic acids is 1. The first kappa shape index (κ1) is 14.4. The molecule has 1 aromatic heterocycles. The van der Waals surface area contributed by atoms with E-state index < -0.39 is 11.5 Å². The summed E-state index contributed by atoms with van der Waals surface area (Å²) < 4.78 is 5.22. The van der Waals surface area contributed by atoms with E-state index in [1.807, 2.05) is 0 Å². The van der Waals surface area contributed by atoms with Crippen molar-refractivity contribution in [1.29, 1.82) is 0 Å². The molecule has 0 bridgehead atoms. The zero-order valence-corrected chi connectivity index (χ0v) is 12.1. The van der Waals surface area contributed by atoms with Crippen molar-refractivity contribution in [2.45, 2.75) is 37.6 Å². The third kappa shape index (κ3) is 2.64. The summed E-state index contributed by atoms with van der Waals surface area (Å²) in [6, 6.07) is 8.42. The molecule has 0 aliphatic heterocycles. The predicted octanol–water partition coefficient (Wildman–Crippen LogP) is 3.25. The van der Waals surface area contributed by atoms with Crippen LogP contribution in [0, 0.1) is 0 Å². The van der Waals surface area contributed by atoms with Crippen molar-refractivity contribution < 1.29 is 19.5 Å². The van der Waals surface area contributed by atoms with Crippen LogP contribution in [0.1, 0.15) is 32.1 Å². The molecular formula is C16H18N2O4. The lowest BCUT2D eigenvalue weighted by molar-refractivity contribution is -0.143. The van der Waals surface area contributed by atoms with Gasteiger partial charge in [-0.3, -0.25) is 0 Å². The Labute approximate surface area is 127 Å². The Hall–Kier alpha value is -2.50. The van der Waals surface area contributed by atoms with E-state index in [1.165, 1.54) is 0 Å². The normalized spacial score (nSPS) is 17.1. The van der Waals surface area contributed by atoms with Crippen LogP contribution in [0.3, 0.4) is 0 Å². The molecule has 0 unspecified atom stereocenters. The van der Waals surface area contributed by atoms with Crippen LogP contribution < -0.4 is 5.32 Å². The molecule has 0 spiro atoms. The van der Waals surface area contributed by atoms with Crippen LogP contribution in [0.25, 0.3) is 11.3 Å². The van der Waals surface area contributed by atoms with Crippen LogP contribution in [0.4, 0.5) is 5.88 Å². The third-order valence-corrected chi connectivity index (χ3v) is 4.17. The van der Waals surface area contributed by atoms with Gasteiger partial charge in [0.25, 0.3) is 0 Å². The van der Waals surface area contributed by atoms with Crippen LogP contribution in [-0.2, 0) is 4.79 Å². The van der Waals surface area contributed by atoms with Gasteiger partial charge in [0.05, 0.1) is 0 Å². The van der Waals surface area contributed by atoms with Crippen LogP contribution >= 0.6 is 0 Å². The molecule has 6 heteroatoms. The van der Waals surface area contributed by atoms with E-state index in [0.717, 1.165) is 19.3 Å². The van der Waals surface area contributed by atoms with Crippen molar-refractivity contribution in [2.24, 2.45) is 0 Å². The van der Waals surface area contributed by atoms with Crippen molar-refractivity contribution in [1.82, 2.24) is 5.16 Å². The van der Waals surface area contributed by atoms with Gasteiger partial charge < -0.3 is 20.1 Å². The number of benzene rings is 1. The van der Waals surface area contributed by atoms with E-state index in [0.29, 0.717) is 30.0 Å². The molecule has 0 saturated heterocycles. The Morgan fingerprint density at radius 3 is 2.64 bits per heavy atom. The molecule has 1 aromatic carbocycles. The molecule has 1 heterocycles. The highest BCUT2D eigenvalue weighted by Gasteiger charge is 2.40. The van der Waals surface area contributed by atoms with Crippen molar-refractivity contribution >= 4 is 11.9 Å². The van der Waals surface area contributed by atoms with Crippen molar-refractivity contribution in [3.63, 3.8) is 0 Å². The molecule has 22 heavy (non-hydrogen) atoms. The number of phenolic OH excluding ortho intramolecular Hbond substituents is 1. The van der Waals surface area contributed by atoms with E-state index in [-0.39, 0.29) is 5.75 Å². The Morgan fingerprint density at radius 1 is 1.23 bits per heavy atom. The van der Waals surface area contributed by atoms with E-state index in [1.54, 1.807) is 30.3 Å². The summed E-state index contributed by atoms with van der Waals surface area (Å²) in [6.45, 7) is 0. The standard InChI is InChI=1S/C16H18N2O4/c19-13-7-3-2-6-11(13)12-10-14(22-18-12)17-16(15(20)21)8-4-1-5-9-16/h2-3,6-7,10,17,19H,1,4-5,8-9H2,(H,20,21). The molecule has 0 amide bonds. The molecule has 2 aromatic rings. The number of rotatable bonds is 4. The lowest BCUT2D eigenvalue weighted by atomic mass is 9.82. The summed E-state index contributed by atoms with van der Waals surface area (Å²) in [5.41, 5.74) is 0.0256. The fourth-order valence-electron chi connectivity index (χ4n) is 2.93. The summed E-state index contributed by atoms with van der Waals surface area (Å²) >= 11 is 0. The number of nitrogens with one attached hydrogen (secondary N) is 1.